The Bertz CT molecular complexity index is 690. The number of amides is 1. The van der Waals surface area contributed by atoms with Crippen LogP contribution in [-0.4, -0.2) is 56.2 Å². The number of nitrogens with one attached hydrogen (secondary N) is 1. The molecule has 0 unspecified atom stereocenters. The molecule has 0 aliphatic carbocycles. The zero-order chi connectivity index (χ0) is 18.0. The number of nitriles is 1. The predicted molar refractivity (Wildman–Crippen MR) is 91.6 cm³/mol. The van der Waals surface area contributed by atoms with E-state index in [1.54, 1.807) is 18.1 Å². The number of nitrogens with zero attached hydrogens (tertiary/aromatic N) is 3. The Labute approximate surface area is 147 Å². The van der Waals surface area contributed by atoms with Crippen LogP contribution >= 0.6 is 0 Å². The average Bonchev–Trinajstić information content (AvgIpc) is 3.21. The van der Waals surface area contributed by atoms with E-state index in [0.717, 1.165) is 25.2 Å². The van der Waals surface area contributed by atoms with E-state index in [-0.39, 0.29) is 23.6 Å². The van der Waals surface area contributed by atoms with Gasteiger partial charge in [0.1, 0.15) is 5.82 Å². The quantitative estimate of drug-likeness (QED) is 0.839. The molecule has 7 heteroatoms. The molecule has 3 atom stereocenters. The first-order valence-corrected chi connectivity index (χ1v) is 8.54. The van der Waals surface area contributed by atoms with Crippen LogP contribution in [0.1, 0.15) is 23.7 Å². The number of carbonyl (C=O) groups is 1. The summed E-state index contributed by atoms with van der Waals surface area (Å²) in [4.78, 5) is 16.1. The molecule has 2 fully saturated rings. The molecule has 0 aromatic heterocycles. The van der Waals surface area contributed by atoms with Gasteiger partial charge >= 0.3 is 0 Å². The molecule has 1 aromatic rings. The topological polar surface area (TPSA) is 68.6 Å². The minimum absolute atomic E-state index is 0.0360. The molecule has 1 amide bonds. The van der Waals surface area contributed by atoms with Crippen LogP contribution in [0, 0.1) is 23.2 Å². The van der Waals surface area contributed by atoms with Crippen molar-refractivity contribution in [2.45, 2.75) is 25.5 Å². The summed E-state index contributed by atoms with van der Waals surface area (Å²) < 4.78 is 19.8. The van der Waals surface area contributed by atoms with Crippen LogP contribution in [0.5, 0.6) is 0 Å². The maximum Gasteiger partial charge on any atom is 0.254 e. The monoisotopic (exact) mass is 346 g/mol. The van der Waals surface area contributed by atoms with Crippen molar-refractivity contribution in [2.75, 3.05) is 38.2 Å². The zero-order valence-corrected chi connectivity index (χ0v) is 14.5. The van der Waals surface area contributed by atoms with Gasteiger partial charge in [0, 0.05) is 39.0 Å². The second-order valence-electron chi connectivity index (χ2n) is 6.82. The number of anilines is 1. The maximum absolute atomic E-state index is 14.5. The average molecular weight is 346 g/mol. The first-order valence-electron chi connectivity index (χ1n) is 8.54. The molecule has 0 bridgehead atoms. The lowest BCUT2D eigenvalue weighted by Crippen LogP contribution is -2.40. The number of methoxy groups -OCH3 is 1. The highest BCUT2D eigenvalue weighted by Crippen LogP contribution is 2.24. The van der Waals surface area contributed by atoms with Gasteiger partial charge in [-0.25, -0.2) is 4.39 Å². The Morgan fingerprint density at radius 1 is 1.40 bits per heavy atom. The fraction of sp³-hybridized carbons (Fsp3) is 0.556. The van der Waals surface area contributed by atoms with Crippen molar-refractivity contribution in [3.05, 3.63) is 29.6 Å². The van der Waals surface area contributed by atoms with E-state index in [2.05, 4.69) is 16.4 Å². The largest absolute Gasteiger partial charge is 0.380 e. The molecule has 2 saturated heterocycles. The van der Waals surface area contributed by atoms with Crippen LogP contribution in [0.2, 0.25) is 0 Å². The number of hydrogen-bond donors (Lipinski definition) is 1. The van der Waals surface area contributed by atoms with Gasteiger partial charge in [-0.2, -0.15) is 5.26 Å². The van der Waals surface area contributed by atoms with Crippen molar-refractivity contribution >= 4 is 11.6 Å². The fourth-order valence-corrected chi connectivity index (χ4v) is 3.52. The molecule has 0 radical (unpaired) electrons. The van der Waals surface area contributed by atoms with Gasteiger partial charge in [-0.3, -0.25) is 4.79 Å². The smallest absolute Gasteiger partial charge is 0.254 e. The molecule has 2 heterocycles. The van der Waals surface area contributed by atoms with Crippen molar-refractivity contribution in [3.8, 4) is 6.19 Å². The van der Waals surface area contributed by atoms with E-state index in [4.69, 9.17) is 10.00 Å². The van der Waals surface area contributed by atoms with Crippen molar-refractivity contribution in [2.24, 2.45) is 5.92 Å². The van der Waals surface area contributed by atoms with Gasteiger partial charge in [0.2, 0.25) is 0 Å². The summed E-state index contributed by atoms with van der Waals surface area (Å²) in [7, 11) is 1.68. The molecule has 3 rings (SSSR count). The van der Waals surface area contributed by atoms with Crippen LogP contribution < -0.4 is 10.2 Å². The highest BCUT2D eigenvalue weighted by molar-refractivity contribution is 5.95. The normalized spacial score (nSPS) is 25.9. The number of benzene rings is 1. The van der Waals surface area contributed by atoms with E-state index < -0.39 is 11.7 Å². The number of hydrogen-bond acceptors (Lipinski definition) is 5. The SMILES string of the molecule is CO[C@@H]1CCN(c2ccc(C(=O)N[C@H]3CN(C#N)C[C@@H]3C)c(F)c2)C1. The molecule has 1 N–H and O–H groups in total. The van der Waals surface area contributed by atoms with E-state index in [0.29, 0.717) is 13.1 Å². The minimum Gasteiger partial charge on any atom is -0.380 e. The van der Waals surface area contributed by atoms with Gasteiger partial charge in [-0.15, -0.1) is 0 Å². The summed E-state index contributed by atoms with van der Waals surface area (Å²) in [6.45, 7) is 4.59. The molecule has 6 nitrogen and oxygen atoms in total. The third-order valence-corrected chi connectivity index (χ3v) is 5.11. The van der Waals surface area contributed by atoms with E-state index in [1.165, 1.54) is 12.1 Å². The molecule has 0 saturated carbocycles. The summed E-state index contributed by atoms with van der Waals surface area (Å²) in [5.41, 5.74) is 0.798. The second-order valence-corrected chi connectivity index (χ2v) is 6.82. The third-order valence-electron chi connectivity index (χ3n) is 5.11. The Morgan fingerprint density at radius 2 is 2.20 bits per heavy atom. The lowest BCUT2D eigenvalue weighted by atomic mass is 10.1. The highest BCUT2D eigenvalue weighted by atomic mass is 19.1. The number of rotatable bonds is 4. The summed E-state index contributed by atoms with van der Waals surface area (Å²) in [6, 6.07) is 4.57. The molecule has 2 aliphatic rings. The molecule has 2 aliphatic heterocycles. The van der Waals surface area contributed by atoms with Crippen molar-refractivity contribution < 1.29 is 13.9 Å². The van der Waals surface area contributed by atoms with Crippen LogP contribution in [0.4, 0.5) is 10.1 Å². The Hall–Kier alpha value is -2.33. The number of carbonyl (C=O) groups excluding carboxylic acids is 1. The van der Waals surface area contributed by atoms with Crippen LogP contribution in [-0.2, 0) is 4.74 Å². The van der Waals surface area contributed by atoms with Crippen LogP contribution in [0.3, 0.4) is 0 Å². The standard InChI is InChI=1S/C18H23FN4O2/c1-12-8-22(11-20)10-17(12)21-18(24)15-4-3-13(7-16(15)19)23-6-5-14(9-23)25-2/h3-4,7,12,14,17H,5-6,8-10H2,1-2H3,(H,21,24)/t12-,14+,17-/m0/s1. The van der Waals surface area contributed by atoms with Crippen LogP contribution in [0.15, 0.2) is 18.2 Å². The number of ether oxygens (including phenoxy) is 1. The van der Waals surface area contributed by atoms with E-state index in [1.807, 2.05) is 6.92 Å². The van der Waals surface area contributed by atoms with Gasteiger partial charge in [0.15, 0.2) is 6.19 Å². The molecule has 134 valence electrons. The van der Waals surface area contributed by atoms with Gasteiger partial charge in [0.05, 0.1) is 17.7 Å². The highest BCUT2D eigenvalue weighted by Gasteiger charge is 2.31. The summed E-state index contributed by atoms with van der Waals surface area (Å²) in [5.74, 6) is -0.808. The van der Waals surface area contributed by atoms with Crippen LogP contribution in [0.25, 0.3) is 0 Å². The molecular weight excluding hydrogens is 323 g/mol. The third kappa shape index (κ3) is 3.69. The number of halogens is 1. The van der Waals surface area contributed by atoms with Gasteiger partial charge in [0.25, 0.3) is 5.91 Å². The molecular formula is C18H23FN4O2. The summed E-state index contributed by atoms with van der Waals surface area (Å²) in [5, 5.41) is 11.8. The molecule has 0 spiro atoms. The zero-order valence-electron chi connectivity index (χ0n) is 14.5. The van der Waals surface area contributed by atoms with Gasteiger partial charge in [-0.1, -0.05) is 6.92 Å². The Morgan fingerprint density at radius 3 is 2.80 bits per heavy atom. The fourth-order valence-electron chi connectivity index (χ4n) is 3.52. The summed E-state index contributed by atoms with van der Waals surface area (Å²) >= 11 is 0. The minimum atomic E-state index is -0.529. The first-order chi connectivity index (χ1) is 12.0. The van der Waals surface area contributed by atoms with Gasteiger partial charge in [-0.05, 0) is 30.5 Å². The Balaban J connectivity index is 1.67. The van der Waals surface area contributed by atoms with Crippen molar-refractivity contribution in [1.82, 2.24) is 10.2 Å². The molecule has 1 aromatic carbocycles. The Kier molecular flexibility index (Phi) is 5.09. The molecule has 25 heavy (non-hydrogen) atoms. The second kappa shape index (κ2) is 7.28. The van der Waals surface area contributed by atoms with Crippen molar-refractivity contribution in [3.63, 3.8) is 0 Å². The van der Waals surface area contributed by atoms with E-state index >= 15 is 0 Å². The van der Waals surface area contributed by atoms with Crippen molar-refractivity contribution in [1.29, 1.82) is 5.26 Å². The predicted octanol–water partition coefficient (Wildman–Crippen LogP) is 1.58. The van der Waals surface area contributed by atoms with Gasteiger partial charge < -0.3 is 19.9 Å². The maximum atomic E-state index is 14.5. The first kappa shape index (κ1) is 17.5. The lowest BCUT2D eigenvalue weighted by Gasteiger charge is -2.20. The summed E-state index contributed by atoms with van der Waals surface area (Å²) in [6.07, 6.45) is 3.16. The number of likely N-dealkylation sites (tertiary alicyclic amines) is 1. The lowest BCUT2D eigenvalue weighted by molar-refractivity contribution is 0.0928. The van der Waals surface area contributed by atoms with E-state index in [9.17, 15) is 9.18 Å².